The van der Waals surface area contributed by atoms with E-state index in [9.17, 15) is 14.4 Å². The van der Waals surface area contributed by atoms with Crippen LogP contribution in [0.1, 0.15) is 82.2 Å². The molecule has 2 unspecified atom stereocenters. The Kier molecular flexibility index (Phi) is 9.23. The second-order valence-corrected chi connectivity index (χ2v) is 11.9. The zero-order valence-corrected chi connectivity index (χ0v) is 24.1. The average molecular weight is 522 g/mol. The molecule has 2 aromatic carbocycles. The third-order valence-electron chi connectivity index (χ3n) is 6.67. The summed E-state index contributed by atoms with van der Waals surface area (Å²) in [4.78, 5) is 42.6. The highest BCUT2D eigenvalue weighted by atomic mass is 16.6. The van der Waals surface area contributed by atoms with Crippen LogP contribution in [0.5, 0.6) is 0 Å². The standard InChI is InChI=1S/C31H43N3O4/c1-19(2)17-26(33-30(37)38-31(6,7)8)29(36)34(24-15-16-24)27(23-14-13-20(3)22(5)18-23)28(35)32-25-12-10-9-11-21(25)4/h9-14,18-19,24,26-27H,15-17H2,1-8H3,(H,32,35)(H,33,37). The lowest BCUT2D eigenvalue weighted by Gasteiger charge is -2.35. The molecule has 0 heterocycles. The molecule has 206 valence electrons. The number of hydrogen-bond acceptors (Lipinski definition) is 4. The lowest BCUT2D eigenvalue weighted by Crippen LogP contribution is -2.53. The first kappa shape index (κ1) is 29.2. The zero-order chi connectivity index (χ0) is 28.2. The fourth-order valence-electron chi connectivity index (χ4n) is 4.48. The van der Waals surface area contributed by atoms with Gasteiger partial charge in [0, 0.05) is 11.7 Å². The van der Waals surface area contributed by atoms with Crippen LogP contribution in [-0.4, -0.2) is 40.5 Å². The quantitative estimate of drug-likeness (QED) is 0.410. The number of alkyl carbamates (subject to hydrolysis) is 1. The number of aryl methyl sites for hydroxylation is 3. The Morgan fingerprint density at radius 2 is 1.63 bits per heavy atom. The van der Waals surface area contributed by atoms with Crippen molar-refractivity contribution in [1.29, 1.82) is 0 Å². The Hall–Kier alpha value is -3.35. The number of benzene rings is 2. The van der Waals surface area contributed by atoms with Gasteiger partial charge in [-0.15, -0.1) is 0 Å². The fourth-order valence-corrected chi connectivity index (χ4v) is 4.48. The molecule has 38 heavy (non-hydrogen) atoms. The van der Waals surface area contributed by atoms with E-state index >= 15 is 0 Å². The highest BCUT2D eigenvalue weighted by Gasteiger charge is 2.44. The van der Waals surface area contributed by atoms with E-state index in [-0.39, 0.29) is 23.8 Å². The Morgan fingerprint density at radius 3 is 2.18 bits per heavy atom. The molecule has 7 nitrogen and oxygen atoms in total. The summed E-state index contributed by atoms with van der Waals surface area (Å²) in [7, 11) is 0. The molecule has 7 heteroatoms. The molecule has 3 amide bonds. The molecule has 0 spiro atoms. The number of amides is 3. The summed E-state index contributed by atoms with van der Waals surface area (Å²) in [6, 6.07) is 11.8. The van der Waals surface area contributed by atoms with Gasteiger partial charge in [0.05, 0.1) is 0 Å². The fraction of sp³-hybridized carbons (Fsp3) is 0.516. The monoisotopic (exact) mass is 521 g/mol. The number of rotatable bonds is 9. The van der Waals surface area contributed by atoms with Crippen LogP contribution in [0.25, 0.3) is 0 Å². The smallest absolute Gasteiger partial charge is 0.408 e. The maximum Gasteiger partial charge on any atom is 0.408 e. The van der Waals surface area contributed by atoms with Crippen LogP contribution < -0.4 is 10.6 Å². The molecule has 1 saturated carbocycles. The number of ether oxygens (including phenoxy) is 1. The Morgan fingerprint density at radius 1 is 0.974 bits per heavy atom. The lowest BCUT2D eigenvalue weighted by atomic mass is 9.96. The number of para-hydroxylation sites is 1. The second-order valence-electron chi connectivity index (χ2n) is 11.9. The van der Waals surface area contributed by atoms with Gasteiger partial charge in [-0.3, -0.25) is 9.59 Å². The maximum absolute atomic E-state index is 14.2. The van der Waals surface area contributed by atoms with Crippen LogP contribution in [0.2, 0.25) is 0 Å². The van der Waals surface area contributed by atoms with Crippen molar-refractivity contribution >= 4 is 23.6 Å². The normalized spacial score (nSPS) is 15.0. The molecule has 0 saturated heterocycles. The van der Waals surface area contributed by atoms with Gasteiger partial charge in [-0.05, 0) is 95.0 Å². The van der Waals surface area contributed by atoms with Gasteiger partial charge in [0.1, 0.15) is 17.7 Å². The first-order valence-corrected chi connectivity index (χ1v) is 13.5. The predicted octanol–water partition coefficient (Wildman–Crippen LogP) is 6.22. The molecule has 1 aliphatic carbocycles. The molecular weight excluding hydrogens is 478 g/mol. The third kappa shape index (κ3) is 7.83. The van der Waals surface area contributed by atoms with Crippen molar-refractivity contribution in [3.8, 4) is 0 Å². The van der Waals surface area contributed by atoms with Gasteiger partial charge in [-0.1, -0.05) is 50.2 Å². The molecule has 1 fully saturated rings. The van der Waals surface area contributed by atoms with Crippen LogP contribution in [0, 0.1) is 26.7 Å². The van der Waals surface area contributed by atoms with Gasteiger partial charge in [0.15, 0.2) is 0 Å². The van der Waals surface area contributed by atoms with E-state index in [2.05, 4.69) is 10.6 Å². The first-order chi connectivity index (χ1) is 17.8. The Balaban J connectivity index is 2.02. The SMILES string of the molecule is Cc1ccc(C(C(=O)Nc2ccccc2C)N(C(=O)C(CC(C)C)NC(=O)OC(C)(C)C)C2CC2)cc1C. The van der Waals surface area contributed by atoms with E-state index in [0.29, 0.717) is 12.1 Å². The summed E-state index contributed by atoms with van der Waals surface area (Å²) in [5.74, 6) is -0.403. The van der Waals surface area contributed by atoms with Crippen LogP contribution in [-0.2, 0) is 14.3 Å². The van der Waals surface area contributed by atoms with Crippen LogP contribution in [0.3, 0.4) is 0 Å². The van der Waals surface area contributed by atoms with Crippen molar-refractivity contribution in [1.82, 2.24) is 10.2 Å². The number of nitrogens with zero attached hydrogens (tertiary/aromatic N) is 1. The number of anilines is 1. The van der Waals surface area contributed by atoms with Crippen molar-refractivity contribution in [3.63, 3.8) is 0 Å². The minimum Gasteiger partial charge on any atom is -0.444 e. The largest absolute Gasteiger partial charge is 0.444 e. The van der Waals surface area contributed by atoms with E-state index in [1.807, 2.05) is 77.1 Å². The van der Waals surface area contributed by atoms with Crippen LogP contribution in [0.4, 0.5) is 10.5 Å². The minimum absolute atomic E-state index is 0.0770. The zero-order valence-electron chi connectivity index (χ0n) is 24.1. The predicted molar refractivity (Wildman–Crippen MR) is 151 cm³/mol. The van der Waals surface area contributed by atoms with E-state index < -0.39 is 23.8 Å². The summed E-state index contributed by atoms with van der Waals surface area (Å²) < 4.78 is 5.47. The first-order valence-electron chi connectivity index (χ1n) is 13.5. The summed E-state index contributed by atoms with van der Waals surface area (Å²) in [6.45, 7) is 15.3. The third-order valence-corrected chi connectivity index (χ3v) is 6.67. The van der Waals surface area contributed by atoms with Crippen molar-refractivity contribution in [2.75, 3.05) is 5.32 Å². The van der Waals surface area contributed by atoms with E-state index in [4.69, 9.17) is 4.74 Å². The van der Waals surface area contributed by atoms with Crippen LogP contribution in [0.15, 0.2) is 42.5 Å². The Bertz CT molecular complexity index is 1160. The average Bonchev–Trinajstić information content (AvgIpc) is 3.63. The number of hydrogen-bond donors (Lipinski definition) is 2. The maximum atomic E-state index is 14.2. The van der Waals surface area contributed by atoms with Gasteiger partial charge in [0.2, 0.25) is 5.91 Å². The van der Waals surface area contributed by atoms with Crippen molar-refractivity contribution in [2.24, 2.45) is 5.92 Å². The van der Waals surface area contributed by atoms with E-state index in [1.54, 1.807) is 25.7 Å². The van der Waals surface area contributed by atoms with E-state index in [1.165, 1.54) is 0 Å². The number of nitrogens with one attached hydrogen (secondary N) is 2. The molecule has 2 atom stereocenters. The van der Waals surface area contributed by atoms with Gasteiger partial charge in [0.25, 0.3) is 5.91 Å². The van der Waals surface area contributed by atoms with Crippen molar-refractivity contribution in [2.45, 2.75) is 98.4 Å². The minimum atomic E-state index is -0.844. The van der Waals surface area contributed by atoms with E-state index in [0.717, 1.165) is 35.1 Å². The molecule has 2 N–H and O–H groups in total. The summed E-state index contributed by atoms with van der Waals surface area (Å²) in [6.07, 6.45) is 1.41. The van der Waals surface area contributed by atoms with Crippen molar-refractivity contribution < 1.29 is 19.1 Å². The molecule has 0 aromatic heterocycles. The van der Waals surface area contributed by atoms with Crippen molar-refractivity contribution in [3.05, 3.63) is 64.7 Å². The molecule has 0 bridgehead atoms. The molecule has 0 aliphatic heterocycles. The second kappa shape index (κ2) is 12.0. The summed E-state index contributed by atoms with van der Waals surface area (Å²) in [5.41, 5.74) is 3.86. The lowest BCUT2D eigenvalue weighted by molar-refractivity contribution is -0.141. The van der Waals surface area contributed by atoms with Gasteiger partial charge in [-0.25, -0.2) is 4.79 Å². The summed E-state index contributed by atoms with van der Waals surface area (Å²) in [5, 5.41) is 5.88. The highest BCUT2D eigenvalue weighted by Crippen LogP contribution is 2.37. The molecular formula is C31H43N3O4. The van der Waals surface area contributed by atoms with Crippen LogP contribution >= 0.6 is 0 Å². The molecule has 1 aliphatic rings. The molecule has 0 radical (unpaired) electrons. The highest BCUT2D eigenvalue weighted by molar-refractivity contribution is 5.99. The Labute approximate surface area is 227 Å². The number of carbonyl (C=O) groups excluding carboxylic acids is 3. The topological polar surface area (TPSA) is 87.7 Å². The van der Waals surface area contributed by atoms with Gasteiger partial charge in [-0.2, -0.15) is 0 Å². The molecule has 3 rings (SSSR count). The number of carbonyl (C=O) groups is 3. The van der Waals surface area contributed by atoms with Gasteiger partial charge >= 0.3 is 6.09 Å². The molecule has 2 aromatic rings. The van der Waals surface area contributed by atoms with Gasteiger partial charge < -0.3 is 20.3 Å². The summed E-state index contributed by atoms with van der Waals surface area (Å²) >= 11 is 0.